The van der Waals surface area contributed by atoms with E-state index in [1.165, 1.54) is 38.9 Å². The number of aryl methyl sites for hydroxylation is 2. The lowest BCUT2D eigenvalue weighted by atomic mass is 9.67. The Labute approximate surface area is 437 Å². The standard InChI is InChI=1S/C67H46N8O/c1-39-11-23-48(24-12-39)67(54-9-5-3-7-52(54)53-8-4-6-10-55(53)67)49-25-13-41(14-26-49)64-70-57-33-21-46(37-61(57)73-64)47-22-34-59-63(38-47)75-66(72-59)43-17-29-51(30-18-43)76-50-27-15-42(16-28-50)65-71-58-32-20-45(36-62(58)74-65)44-19-31-56-60(35-44)69-40(2)68-56/h3-38H,1-2H3,(H,68,69)(H,70,73)(H,71,74)(H,72,75). The average molecular weight is 979 g/mol. The molecule has 0 bridgehead atoms. The second-order valence-corrected chi connectivity index (χ2v) is 19.9. The number of H-pyrrole nitrogens is 4. The molecule has 10 aromatic carbocycles. The van der Waals surface area contributed by atoms with Crippen LogP contribution in [0.3, 0.4) is 0 Å². The molecule has 4 aromatic heterocycles. The molecule has 0 atom stereocenters. The first-order valence-corrected chi connectivity index (χ1v) is 25.6. The van der Waals surface area contributed by atoms with Crippen molar-refractivity contribution in [2.75, 3.05) is 0 Å². The van der Waals surface area contributed by atoms with Crippen molar-refractivity contribution in [1.29, 1.82) is 0 Å². The molecule has 76 heavy (non-hydrogen) atoms. The highest BCUT2D eigenvalue weighted by Crippen LogP contribution is 2.56. The van der Waals surface area contributed by atoms with Gasteiger partial charge < -0.3 is 24.7 Å². The van der Waals surface area contributed by atoms with Crippen LogP contribution in [0.25, 0.3) is 112 Å². The van der Waals surface area contributed by atoms with E-state index in [1.807, 2.05) is 55.5 Å². The highest BCUT2D eigenvalue weighted by molar-refractivity contribution is 5.91. The lowest BCUT2D eigenvalue weighted by molar-refractivity contribution is 0.483. The largest absolute Gasteiger partial charge is 0.457 e. The number of aromatic amines is 4. The third-order valence-electron chi connectivity index (χ3n) is 15.2. The Morgan fingerprint density at radius 1 is 0.329 bits per heavy atom. The van der Waals surface area contributed by atoms with Gasteiger partial charge in [-0.15, -0.1) is 0 Å². The minimum atomic E-state index is -0.446. The molecule has 0 saturated carbocycles. The molecule has 14 aromatic rings. The minimum Gasteiger partial charge on any atom is -0.457 e. The monoisotopic (exact) mass is 978 g/mol. The van der Waals surface area contributed by atoms with E-state index < -0.39 is 5.41 Å². The molecule has 0 radical (unpaired) electrons. The van der Waals surface area contributed by atoms with Crippen molar-refractivity contribution in [3.05, 3.63) is 252 Å². The van der Waals surface area contributed by atoms with Crippen LogP contribution in [0.1, 0.15) is 33.6 Å². The molecule has 0 saturated heterocycles. The minimum absolute atomic E-state index is 0.446. The molecular weight excluding hydrogens is 933 g/mol. The van der Waals surface area contributed by atoms with Crippen molar-refractivity contribution < 1.29 is 4.74 Å². The van der Waals surface area contributed by atoms with Crippen LogP contribution in [0, 0.1) is 13.8 Å². The topological polar surface area (TPSA) is 124 Å². The second-order valence-electron chi connectivity index (χ2n) is 19.9. The zero-order chi connectivity index (χ0) is 50.5. The third-order valence-corrected chi connectivity index (χ3v) is 15.2. The van der Waals surface area contributed by atoms with E-state index in [9.17, 15) is 0 Å². The summed E-state index contributed by atoms with van der Waals surface area (Å²) in [5, 5.41) is 0. The predicted octanol–water partition coefficient (Wildman–Crippen LogP) is 16.3. The molecule has 1 aliphatic carbocycles. The van der Waals surface area contributed by atoms with E-state index in [2.05, 4.69) is 202 Å². The number of benzene rings is 10. The number of aromatic nitrogens is 8. The van der Waals surface area contributed by atoms with Gasteiger partial charge in [0.2, 0.25) is 0 Å². The molecule has 4 heterocycles. The summed E-state index contributed by atoms with van der Waals surface area (Å²) in [4.78, 5) is 33.6. The van der Waals surface area contributed by atoms with Gasteiger partial charge in [-0.3, -0.25) is 0 Å². The molecule has 0 unspecified atom stereocenters. The van der Waals surface area contributed by atoms with Crippen molar-refractivity contribution in [1.82, 2.24) is 39.9 Å². The Morgan fingerprint density at radius 2 is 0.724 bits per heavy atom. The zero-order valence-corrected chi connectivity index (χ0v) is 41.5. The maximum Gasteiger partial charge on any atom is 0.138 e. The maximum atomic E-state index is 6.29. The highest BCUT2D eigenvalue weighted by atomic mass is 16.5. The van der Waals surface area contributed by atoms with Crippen LogP contribution in [0.2, 0.25) is 0 Å². The van der Waals surface area contributed by atoms with Gasteiger partial charge in [-0.25, -0.2) is 19.9 Å². The Hall–Kier alpha value is -10.1. The van der Waals surface area contributed by atoms with Crippen LogP contribution >= 0.6 is 0 Å². The summed E-state index contributed by atoms with van der Waals surface area (Å²) in [5.41, 5.74) is 23.4. The van der Waals surface area contributed by atoms with Crippen LogP contribution < -0.4 is 4.74 Å². The molecule has 0 aliphatic heterocycles. The number of nitrogens with zero attached hydrogens (tertiary/aromatic N) is 4. The van der Waals surface area contributed by atoms with Crippen molar-refractivity contribution >= 4 is 44.1 Å². The molecule has 0 fully saturated rings. The zero-order valence-electron chi connectivity index (χ0n) is 41.5. The van der Waals surface area contributed by atoms with Crippen LogP contribution in [0.4, 0.5) is 0 Å². The van der Waals surface area contributed by atoms with Crippen molar-refractivity contribution in [2.24, 2.45) is 0 Å². The summed E-state index contributed by atoms with van der Waals surface area (Å²) in [7, 11) is 0. The molecule has 9 heteroatoms. The molecule has 9 nitrogen and oxygen atoms in total. The summed E-state index contributed by atoms with van der Waals surface area (Å²) >= 11 is 0. The fourth-order valence-electron chi connectivity index (χ4n) is 11.5. The van der Waals surface area contributed by atoms with Gasteiger partial charge in [0.15, 0.2) is 0 Å². The van der Waals surface area contributed by atoms with E-state index >= 15 is 0 Å². The molecule has 4 N–H and O–H groups in total. The fourth-order valence-corrected chi connectivity index (χ4v) is 11.5. The van der Waals surface area contributed by atoms with E-state index in [0.717, 1.165) is 118 Å². The molecular formula is C67H46N8O. The van der Waals surface area contributed by atoms with E-state index in [1.54, 1.807) is 0 Å². The van der Waals surface area contributed by atoms with Gasteiger partial charge in [-0.05, 0) is 167 Å². The lowest BCUT2D eigenvalue weighted by Gasteiger charge is -2.34. The normalized spacial score (nSPS) is 12.7. The van der Waals surface area contributed by atoms with Crippen LogP contribution in [-0.4, -0.2) is 39.9 Å². The Kier molecular flexibility index (Phi) is 9.71. The summed E-state index contributed by atoms with van der Waals surface area (Å²) in [6.07, 6.45) is 0. The lowest BCUT2D eigenvalue weighted by Crippen LogP contribution is -2.28. The van der Waals surface area contributed by atoms with Crippen LogP contribution in [0.15, 0.2) is 218 Å². The number of hydrogen-bond acceptors (Lipinski definition) is 5. The Balaban J connectivity index is 0.642. The van der Waals surface area contributed by atoms with Crippen LogP contribution in [-0.2, 0) is 5.41 Å². The van der Waals surface area contributed by atoms with E-state index in [0.29, 0.717) is 0 Å². The number of hydrogen-bond donors (Lipinski definition) is 4. The van der Waals surface area contributed by atoms with Gasteiger partial charge in [-0.1, -0.05) is 127 Å². The number of imidazole rings is 4. The first-order chi connectivity index (χ1) is 37.4. The van der Waals surface area contributed by atoms with E-state index in [4.69, 9.17) is 19.7 Å². The molecule has 0 spiro atoms. The average Bonchev–Trinajstić information content (AvgIpc) is 4.38. The van der Waals surface area contributed by atoms with Gasteiger partial charge in [-0.2, -0.15) is 0 Å². The quantitative estimate of drug-likeness (QED) is 0.115. The van der Waals surface area contributed by atoms with Crippen molar-refractivity contribution in [2.45, 2.75) is 19.3 Å². The van der Waals surface area contributed by atoms with Gasteiger partial charge in [0, 0.05) is 16.7 Å². The number of rotatable bonds is 9. The Morgan fingerprint density at radius 3 is 1.25 bits per heavy atom. The summed E-state index contributed by atoms with van der Waals surface area (Å²) in [6.45, 7) is 4.12. The fraction of sp³-hybridized carbons (Fsp3) is 0.0448. The smallest absolute Gasteiger partial charge is 0.138 e. The predicted molar refractivity (Wildman–Crippen MR) is 306 cm³/mol. The van der Waals surface area contributed by atoms with Crippen molar-refractivity contribution in [3.63, 3.8) is 0 Å². The molecule has 360 valence electrons. The van der Waals surface area contributed by atoms with Gasteiger partial charge in [0.05, 0.1) is 49.5 Å². The highest BCUT2D eigenvalue weighted by Gasteiger charge is 2.45. The van der Waals surface area contributed by atoms with Gasteiger partial charge in [0.25, 0.3) is 0 Å². The van der Waals surface area contributed by atoms with Crippen molar-refractivity contribution in [3.8, 4) is 79.0 Å². The summed E-state index contributed by atoms with van der Waals surface area (Å²) in [5.74, 6) is 4.80. The Bertz CT molecular complexity index is 4510. The van der Waals surface area contributed by atoms with Crippen LogP contribution in [0.5, 0.6) is 11.5 Å². The first kappa shape index (κ1) is 43.5. The molecule has 15 rings (SSSR count). The number of fused-ring (bicyclic) bond motifs is 7. The second kappa shape index (κ2) is 17.0. The first-order valence-electron chi connectivity index (χ1n) is 25.6. The third kappa shape index (κ3) is 7.16. The number of ether oxygens (including phenoxy) is 1. The number of nitrogens with one attached hydrogen (secondary N) is 4. The molecule has 1 aliphatic rings. The van der Waals surface area contributed by atoms with Gasteiger partial charge in [0.1, 0.15) is 34.8 Å². The maximum absolute atomic E-state index is 6.29. The van der Waals surface area contributed by atoms with Gasteiger partial charge >= 0.3 is 0 Å². The SMILES string of the molecule is Cc1ccc(C2(c3ccc(-c4nc5cc(-c6ccc7nc(-c8ccc(Oc9ccc(-c%10nc%11cc(-c%12ccc%13nc(C)[nH]c%13c%12)ccc%11[nH]%10)cc9)cc8)[nH]c7c6)ccc5[nH]4)cc3)c3ccccc3-c3ccccc32)cc1. The summed E-state index contributed by atoms with van der Waals surface area (Å²) in [6, 6.07) is 77.2. The molecule has 0 amide bonds. The van der Waals surface area contributed by atoms with E-state index in [-0.39, 0.29) is 0 Å². The summed E-state index contributed by atoms with van der Waals surface area (Å²) < 4.78 is 6.29.